The van der Waals surface area contributed by atoms with Crippen LogP contribution in [0.1, 0.15) is 55.0 Å². The average molecular weight is 393 g/mol. The van der Waals surface area contributed by atoms with Crippen molar-refractivity contribution in [3.05, 3.63) is 35.2 Å². The summed E-state index contributed by atoms with van der Waals surface area (Å²) in [7, 11) is 0. The number of allylic oxidation sites excluding steroid dienone is 2. The van der Waals surface area contributed by atoms with Crippen LogP contribution >= 0.6 is 0 Å². The highest BCUT2D eigenvalue weighted by atomic mass is 19.4. The van der Waals surface area contributed by atoms with Gasteiger partial charge in [0.25, 0.3) is 5.71 Å². The highest BCUT2D eigenvalue weighted by molar-refractivity contribution is 5.82. The molecule has 0 N–H and O–H groups in total. The second-order valence-corrected chi connectivity index (χ2v) is 7.64. The average Bonchev–Trinajstić information content (AvgIpc) is 3.10. The lowest BCUT2D eigenvalue weighted by molar-refractivity contribution is -0.137. The number of fused-ring (bicyclic) bond motifs is 1. The van der Waals surface area contributed by atoms with Crippen molar-refractivity contribution in [2.24, 2.45) is 5.92 Å². The van der Waals surface area contributed by atoms with Crippen LogP contribution in [-0.4, -0.2) is 34.0 Å². The fraction of sp³-hybridized carbons (Fsp3) is 0.550. The number of amides is 1. The van der Waals surface area contributed by atoms with Crippen molar-refractivity contribution in [2.75, 3.05) is 13.1 Å². The Hall–Kier alpha value is -2.38. The van der Waals surface area contributed by atoms with Crippen LogP contribution in [0.4, 0.5) is 13.2 Å². The van der Waals surface area contributed by atoms with Crippen LogP contribution in [0.2, 0.25) is 0 Å². The molecule has 0 aromatic carbocycles. The number of hydrogen-bond acceptors (Lipinski definition) is 4. The van der Waals surface area contributed by atoms with Gasteiger partial charge in [-0.25, -0.2) is 4.98 Å². The molecular weight excluding hydrogens is 371 g/mol. The zero-order valence-electron chi connectivity index (χ0n) is 15.6. The van der Waals surface area contributed by atoms with Gasteiger partial charge in [0.2, 0.25) is 5.91 Å². The van der Waals surface area contributed by atoms with Crippen molar-refractivity contribution >= 4 is 17.0 Å². The standard InChI is InChI=1S/C20H22F3N3O2/c1-12-11-15(20(21,22)23)16-17(25-28-18(16)24-12)13-7-9-26(10-8-13)19(27)14-5-3-2-4-6-14/h2-3,11,13-14H,4-10H2,1H3/t14-/m0/s1. The Kier molecular flexibility index (Phi) is 4.89. The van der Waals surface area contributed by atoms with E-state index < -0.39 is 11.7 Å². The van der Waals surface area contributed by atoms with Crippen LogP contribution in [0.3, 0.4) is 0 Å². The lowest BCUT2D eigenvalue weighted by Gasteiger charge is -2.34. The Labute approximate surface area is 160 Å². The number of carbonyl (C=O) groups excluding carboxylic acids is 1. The number of hydrogen-bond donors (Lipinski definition) is 0. The summed E-state index contributed by atoms with van der Waals surface area (Å²) in [5.41, 5.74) is -0.277. The number of nitrogens with zero attached hydrogens (tertiary/aromatic N) is 3. The van der Waals surface area contributed by atoms with Crippen LogP contribution in [0, 0.1) is 12.8 Å². The van der Waals surface area contributed by atoms with E-state index in [4.69, 9.17) is 4.52 Å². The van der Waals surface area contributed by atoms with Gasteiger partial charge in [0.15, 0.2) is 0 Å². The summed E-state index contributed by atoms with van der Waals surface area (Å²) >= 11 is 0. The summed E-state index contributed by atoms with van der Waals surface area (Å²) in [5, 5.41) is 3.90. The molecule has 8 heteroatoms. The van der Waals surface area contributed by atoms with Crippen LogP contribution in [0.5, 0.6) is 0 Å². The number of aryl methyl sites for hydroxylation is 1. The van der Waals surface area contributed by atoms with Crippen molar-refractivity contribution in [2.45, 2.75) is 51.1 Å². The van der Waals surface area contributed by atoms with Gasteiger partial charge in [-0.2, -0.15) is 13.2 Å². The molecule has 1 aliphatic heterocycles. The maximum atomic E-state index is 13.5. The maximum absolute atomic E-state index is 13.5. The Morgan fingerprint density at radius 1 is 1.21 bits per heavy atom. The topological polar surface area (TPSA) is 59.2 Å². The molecule has 1 amide bonds. The molecule has 1 saturated heterocycles. The number of aromatic nitrogens is 2. The molecule has 2 aromatic heterocycles. The molecule has 28 heavy (non-hydrogen) atoms. The minimum absolute atomic E-state index is 0.0263. The molecule has 0 bridgehead atoms. The van der Waals surface area contributed by atoms with Crippen LogP contribution in [-0.2, 0) is 11.0 Å². The number of likely N-dealkylation sites (tertiary alicyclic amines) is 1. The fourth-order valence-electron chi connectivity index (χ4n) is 4.25. The molecule has 1 atom stereocenters. The van der Waals surface area contributed by atoms with Gasteiger partial charge in [-0.15, -0.1) is 0 Å². The molecular formula is C20H22F3N3O2. The van der Waals surface area contributed by atoms with Crippen molar-refractivity contribution in [3.8, 4) is 0 Å². The first kappa shape index (κ1) is 19.0. The minimum atomic E-state index is -4.50. The van der Waals surface area contributed by atoms with Crippen LogP contribution < -0.4 is 0 Å². The van der Waals surface area contributed by atoms with E-state index in [2.05, 4.69) is 16.2 Å². The first-order valence-corrected chi connectivity index (χ1v) is 9.62. The van der Waals surface area contributed by atoms with Crippen molar-refractivity contribution in [1.29, 1.82) is 0 Å². The van der Waals surface area contributed by atoms with E-state index >= 15 is 0 Å². The summed E-state index contributed by atoms with van der Waals surface area (Å²) in [6.45, 7) is 2.55. The Balaban J connectivity index is 1.54. The molecule has 4 rings (SSSR count). The molecule has 0 unspecified atom stereocenters. The second kappa shape index (κ2) is 7.22. The van der Waals surface area contributed by atoms with E-state index in [9.17, 15) is 18.0 Å². The lowest BCUT2D eigenvalue weighted by Crippen LogP contribution is -2.41. The molecule has 1 aliphatic carbocycles. The first-order valence-electron chi connectivity index (χ1n) is 9.62. The highest BCUT2D eigenvalue weighted by Crippen LogP contribution is 2.40. The Morgan fingerprint density at radius 3 is 2.61 bits per heavy atom. The van der Waals surface area contributed by atoms with E-state index in [0.29, 0.717) is 31.6 Å². The van der Waals surface area contributed by atoms with Crippen molar-refractivity contribution in [1.82, 2.24) is 15.0 Å². The normalized spacial score (nSPS) is 21.4. The number of halogens is 3. The van der Waals surface area contributed by atoms with Gasteiger partial charge in [-0.1, -0.05) is 17.3 Å². The van der Waals surface area contributed by atoms with E-state index in [1.807, 2.05) is 11.0 Å². The third kappa shape index (κ3) is 3.52. The van der Waals surface area contributed by atoms with Gasteiger partial charge in [0.05, 0.1) is 16.6 Å². The zero-order valence-corrected chi connectivity index (χ0v) is 15.6. The number of carbonyl (C=O) groups is 1. The molecule has 0 saturated carbocycles. The van der Waals surface area contributed by atoms with E-state index in [0.717, 1.165) is 25.3 Å². The Bertz CT molecular complexity index is 911. The van der Waals surface area contributed by atoms with Gasteiger partial charge in [0.1, 0.15) is 0 Å². The molecule has 0 radical (unpaired) electrons. The number of alkyl halides is 3. The van der Waals surface area contributed by atoms with Gasteiger partial charge >= 0.3 is 6.18 Å². The third-order valence-corrected chi connectivity index (χ3v) is 5.72. The smallest absolute Gasteiger partial charge is 0.342 e. The summed E-state index contributed by atoms with van der Waals surface area (Å²) in [5.74, 6) is 0.00155. The van der Waals surface area contributed by atoms with Gasteiger partial charge in [0, 0.05) is 30.6 Å². The van der Waals surface area contributed by atoms with E-state index in [1.165, 1.54) is 6.92 Å². The quantitative estimate of drug-likeness (QED) is 0.699. The number of pyridine rings is 1. The number of piperidine rings is 1. The summed E-state index contributed by atoms with van der Waals surface area (Å²) < 4.78 is 45.8. The van der Waals surface area contributed by atoms with Gasteiger partial charge < -0.3 is 9.42 Å². The summed E-state index contributed by atoms with van der Waals surface area (Å²) in [6.07, 6.45) is 3.34. The molecule has 2 aromatic rings. The number of rotatable bonds is 2. The lowest BCUT2D eigenvalue weighted by atomic mass is 9.88. The monoisotopic (exact) mass is 393 g/mol. The third-order valence-electron chi connectivity index (χ3n) is 5.72. The molecule has 150 valence electrons. The molecule has 5 nitrogen and oxygen atoms in total. The summed E-state index contributed by atoms with van der Waals surface area (Å²) in [6, 6.07) is 1.04. The SMILES string of the molecule is Cc1cc(C(F)(F)F)c2c(C3CCN(C(=O)[C@H]4CC=CCC4)CC3)noc2n1. The predicted molar refractivity (Wildman–Crippen MR) is 96.6 cm³/mol. The van der Waals surface area contributed by atoms with Crippen molar-refractivity contribution < 1.29 is 22.5 Å². The largest absolute Gasteiger partial charge is 0.417 e. The van der Waals surface area contributed by atoms with E-state index in [1.54, 1.807) is 0 Å². The van der Waals surface area contributed by atoms with Gasteiger partial charge in [-0.3, -0.25) is 4.79 Å². The first-order chi connectivity index (χ1) is 13.3. The van der Waals surface area contributed by atoms with E-state index in [-0.39, 0.29) is 34.5 Å². The predicted octanol–water partition coefficient (Wildman–Crippen LogP) is 4.61. The molecule has 2 aliphatic rings. The zero-order chi connectivity index (χ0) is 19.9. The second-order valence-electron chi connectivity index (χ2n) is 7.64. The maximum Gasteiger partial charge on any atom is 0.417 e. The van der Waals surface area contributed by atoms with Crippen LogP contribution in [0.15, 0.2) is 22.7 Å². The van der Waals surface area contributed by atoms with Crippen LogP contribution in [0.25, 0.3) is 11.1 Å². The van der Waals surface area contributed by atoms with Gasteiger partial charge in [-0.05, 0) is 45.1 Å². The molecule has 0 spiro atoms. The Morgan fingerprint density at radius 2 is 1.96 bits per heavy atom. The highest BCUT2D eigenvalue weighted by Gasteiger charge is 2.38. The minimum Gasteiger partial charge on any atom is -0.342 e. The molecule has 1 fully saturated rings. The molecule has 3 heterocycles. The van der Waals surface area contributed by atoms with Crippen molar-refractivity contribution in [3.63, 3.8) is 0 Å². The fourth-order valence-corrected chi connectivity index (χ4v) is 4.25. The summed E-state index contributed by atoms with van der Waals surface area (Å²) in [4.78, 5) is 18.6.